The summed E-state index contributed by atoms with van der Waals surface area (Å²) in [6.45, 7) is 9.21. The van der Waals surface area contributed by atoms with Gasteiger partial charge in [-0.15, -0.1) is 0 Å². The molecule has 0 aromatic rings. The highest BCUT2D eigenvalue weighted by molar-refractivity contribution is 8.76. The molecule has 36 heavy (non-hydrogen) atoms. The molecule has 12 heteroatoms. The van der Waals surface area contributed by atoms with Crippen LogP contribution in [-0.2, 0) is 28.7 Å². The Morgan fingerprint density at radius 3 is 2.36 bits per heavy atom. The third-order valence-electron chi connectivity index (χ3n) is 5.82. The minimum absolute atomic E-state index is 0.0510. The molecule has 0 aromatic carbocycles. The number of allylic oxidation sites excluding steroid dienone is 2. The molecular weight excluding hydrogens is 504 g/mol. The van der Waals surface area contributed by atoms with Crippen LogP contribution in [0.4, 0.5) is 0 Å². The van der Waals surface area contributed by atoms with Gasteiger partial charge in [0.25, 0.3) is 0 Å². The Morgan fingerprint density at radius 1 is 1.00 bits per heavy atom. The van der Waals surface area contributed by atoms with Gasteiger partial charge in [0.2, 0.25) is 17.7 Å². The van der Waals surface area contributed by atoms with Gasteiger partial charge >= 0.3 is 5.97 Å². The fourth-order valence-corrected chi connectivity index (χ4v) is 5.40. The van der Waals surface area contributed by atoms with Crippen LogP contribution in [0.3, 0.4) is 0 Å². The molecule has 200 valence electrons. The van der Waals surface area contributed by atoms with E-state index < -0.39 is 53.6 Å². The first-order valence-electron chi connectivity index (χ1n) is 12.0. The Labute approximate surface area is 220 Å². The molecule has 2 aliphatic heterocycles. The van der Waals surface area contributed by atoms with E-state index in [0.29, 0.717) is 6.54 Å². The standard InChI is InChI=1S/C24H36N4O6S2/c1-6-17-19(29)11-16(13(2)3)24(33)34-15-8-7-9-25-36-35-12-18(22(31)26-17)27-23(32)21(14(4)5)28-20(30)10-15/h6-8,13-16,18,21,25H,9-12H2,1-5H3,(H,26,31)(H,27,32)(H,28,30)/b8-7+,17-6-/t15-,16+,18-,21-/m1/s1. The first kappa shape index (κ1) is 29.9. The molecule has 0 aromatic heterocycles. The molecule has 2 rings (SSSR count). The van der Waals surface area contributed by atoms with Gasteiger partial charge in [-0.05, 0) is 35.8 Å². The summed E-state index contributed by atoms with van der Waals surface area (Å²) in [5.74, 6) is -3.63. The van der Waals surface area contributed by atoms with Crippen LogP contribution in [0.15, 0.2) is 23.9 Å². The largest absolute Gasteiger partial charge is 0.457 e. The number of amides is 3. The molecule has 0 saturated carbocycles. The Kier molecular flexibility index (Phi) is 12.0. The van der Waals surface area contributed by atoms with Crippen LogP contribution in [0.2, 0.25) is 0 Å². The predicted molar refractivity (Wildman–Crippen MR) is 140 cm³/mol. The van der Waals surface area contributed by atoms with E-state index in [1.165, 1.54) is 27.8 Å². The molecule has 4 atom stereocenters. The molecule has 10 nitrogen and oxygen atoms in total. The maximum Gasteiger partial charge on any atom is 0.310 e. The van der Waals surface area contributed by atoms with Gasteiger partial charge in [-0.25, -0.2) is 0 Å². The number of hydrogen-bond acceptors (Lipinski definition) is 9. The van der Waals surface area contributed by atoms with Gasteiger partial charge in [0.05, 0.1) is 18.0 Å². The van der Waals surface area contributed by atoms with E-state index in [-0.39, 0.29) is 36.1 Å². The summed E-state index contributed by atoms with van der Waals surface area (Å²) in [7, 11) is 2.61. The van der Waals surface area contributed by atoms with Crippen LogP contribution in [-0.4, -0.2) is 60.0 Å². The van der Waals surface area contributed by atoms with Crippen LogP contribution in [0.1, 0.15) is 47.5 Å². The zero-order chi connectivity index (χ0) is 26.8. The number of ketones is 1. The molecule has 0 aliphatic carbocycles. The first-order chi connectivity index (χ1) is 17.0. The smallest absolute Gasteiger partial charge is 0.310 e. The lowest BCUT2D eigenvalue weighted by Gasteiger charge is -2.27. The monoisotopic (exact) mass is 540 g/mol. The number of carbonyl (C=O) groups is 5. The Bertz CT molecular complexity index is 905. The lowest BCUT2D eigenvalue weighted by atomic mass is 9.89. The first-order valence-corrected chi connectivity index (χ1v) is 14.3. The summed E-state index contributed by atoms with van der Waals surface area (Å²) in [6.07, 6.45) is 3.61. The summed E-state index contributed by atoms with van der Waals surface area (Å²) in [5, 5.41) is 8.07. The van der Waals surface area contributed by atoms with E-state index in [1.54, 1.807) is 32.9 Å². The topological polar surface area (TPSA) is 143 Å². The molecule has 0 unspecified atom stereocenters. The second-order valence-corrected chi connectivity index (χ2v) is 11.6. The average Bonchev–Trinajstić information content (AvgIpc) is 2.81. The SMILES string of the molecule is C/C=C1\NC(=O)[C@H]2CSSNC/C=C/[C@H](CC(=O)N[C@H](C(C)C)C(=O)N2)OC(=O)[C@H](C(C)C)CC1=O. The number of fused-ring (bicyclic) bond motifs is 7. The Hall–Kier alpha value is -2.31. The van der Waals surface area contributed by atoms with Crippen LogP contribution < -0.4 is 20.7 Å². The van der Waals surface area contributed by atoms with Crippen molar-refractivity contribution in [3.05, 3.63) is 23.9 Å². The van der Waals surface area contributed by atoms with Crippen molar-refractivity contribution in [1.82, 2.24) is 20.7 Å². The van der Waals surface area contributed by atoms with Crippen molar-refractivity contribution in [2.45, 2.75) is 65.6 Å². The molecular formula is C24H36N4O6S2. The number of rotatable bonds is 2. The van der Waals surface area contributed by atoms with Crippen molar-refractivity contribution in [2.24, 2.45) is 17.8 Å². The van der Waals surface area contributed by atoms with Gasteiger partial charge in [-0.3, -0.25) is 28.7 Å². The second-order valence-electron chi connectivity index (χ2n) is 9.34. The maximum atomic E-state index is 13.2. The molecule has 0 radical (unpaired) electrons. The van der Waals surface area contributed by atoms with E-state index in [0.717, 1.165) is 0 Å². The number of nitrogens with one attached hydrogen (secondary N) is 4. The lowest BCUT2D eigenvalue weighted by molar-refractivity contribution is -0.155. The number of ether oxygens (including phenoxy) is 1. The summed E-state index contributed by atoms with van der Waals surface area (Å²) in [5.41, 5.74) is 0.0510. The number of esters is 1. The molecule has 2 heterocycles. The molecule has 3 amide bonds. The van der Waals surface area contributed by atoms with Crippen molar-refractivity contribution in [2.75, 3.05) is 12.3 Å². The molecule has 0 spiro atoms. The molecule has 2 bridgehead atoms. The van der Waals surface area contributed by atoms with Gasteiger partial charge < -0.3 is 20.7 Å². The average molecular weight is 541 g/mol. The number of carbonyl (C=O) groups excluding carboxylic acids is 5. The van der Waals surface area contributed by atoms with E-state index in [2.05, 4.69) is 20.7 Å². The van der Waals surface area contributed by atoms with Crippen LogP contribution in [0.25, 0.3) is 0 Å². The lowest BCUT2D eigenvalue weighted by Crippen LogP contribution is -2.56. The summed E-state index contributed by atoms with van der Waals surface area (Å²) in [4.78, 5) is 65.3. The van der Waals surface area contributed by atoms with Crippen molar-refractivity contribution >= 4 is 51.2 Å². The molecule has 1 fully saturated rings. The van der Waals surface area contributed by atoms with Crippen LogP contribution in [0.5, 0.6) is 0 Å². The summed E-state index contributed by atoms with van der Waals surface area (Å²) in [6, 6.07) is -1.88. The van der Waals surface area contributed by atoms with Gasteiger partial charge in [-0.1, -0.05) is 50.6 Å². The van der Waals surface area contributed by atoms with Crippen LogP contribution in [0, 0.1) is 17.8 Å². The molecule has 2 aliphatic rings. The highest BCUT2D eigenvalue weighted by Gasteiger charge is 2.34. The fraction of sp³-hybridized carbons (Fsp3) is 0.625. The van der Waals surface area contributed by atoms with Gasteiger partial charge in [0.1, 0.15) is 18.2 Å². The quantitative estimate of drug-likeness (QED) is 0.135. The van der Waals surface area contributed by atoms with E-state index in [9.17, 15) is 24.0 Å². The highest BCUT2D eigenvalue weighted by atomic mass is 33.1. The van der Waals surface area contributed by atoms with Gasteiger partial charge in [0.15, 0.2) is 5.78 Å². The van der Waals surface area contributed by atoms with Gasteiger partial charge in [-0.2, -0.15) is 0 Å². The molecule has 4 N–H and O–H groups in total. The Balaban J connectivity index is 2.55. The normalized spacial score (nSPS) is 29.9. The van der Waals surface area contributed by atoms with Crippen LogP contribution >= 0.6 is 21.8 Å². The Morgan fingerprint density at radius 2 is 1.72 bits per heavy atom. The third-order valence-corrected chi connectivity index (χ3v) is 7.80. The number of hydrogen-bond donors (Lipinski definition) is 4. The van der Waals surface area contributed by atoms with E-state index in [4.69, 9.17) is 4.74 Å². The summed E-state index contributed by atoms with van der Waals surface area (Å²) < 4.78 is 8.78. The maximum absolute atomic E-state index is 13.2. The number of Topliss-reactive ketones (excluding diaryl/α,β-unsaturated/α-hetero) is 1. The third kappa shape index (κ3) is 8.97. The van der Waals surface area contributed by atoms with E-state index in [1.807, 2.05) is 13.8 Å². The van der Waals surface area contributed by atoms with Crippen molar-refractivity contribution in [1.29, 1.82) is 0 Å². The van der Waals surface area contributed by atoms with Crippen molar-refractivity contribution in [3.63, 3.8) is 0 Å². The minimum Gasteiger partial charge on any atom is -0.457 e. The predicted octanol–water partition coefficient (Wildman–Crippen LogP) is 1.63. The fourth-order valence-electron chi connectivity index (χ4n) is 3.65. The highest BCUT2D eigenvalue weighted by Crippen LogP contribution is 2.22. The minimum atomic E-state index is -0.968. The zero-order valence-electron chi connectivity index (χ0n) is 21.3. The van der Waals surface area contributed by atoms with Crippen molar-refractivity contribution in [3.8, 4) is 0 Å². The zero-order valence-corrected chi connectivity index (χ0v) is 22.9. The van der Waals surface area contributed by atoms with Crippen molar-refractivity contribution < 1.29 is 28.7 Å². The van der Waals surface area contributed by atoms with Gasteiger partial charge in [0, 0.05) is 18.7 Å². The second kappa shape index (κ2) is 14.4. The summed E-state index contributed by atoms with van der Waals surface area (Å²) >= 11 is 0. The molecule has 1 saturated heterocycles. The van der Waals surface area contributed by atoms with E-state index >= 15 is 0 Å².